The molecule has 0 amide bonds. The van der Waals surface area contributed by atoms with Crippen molar-refractivity contribution >= 4 is 17.3 Å². The molecule has 0 aliphatic carbocycles. The molecule has 1 aromatic carbocycles. The molecule has 2 nitrogen and oxygen atoms in total. The molecule has 0 spiro atoms. The second-order valence-corrected chi connectivity index (χ2v) is 4.03. The monoisotopic (exact) mass is 211 g/mol. The number of benzene rings is 1. The van der Waals surface area contributed by atoms with Crippen molar-refractivity contribution in [3.63, 3.8) is 0 Å². The van der Waals surface area contributed by atoms with Crippen LogP contribution in [0.4, 0.5) is 5.69 Å². The molecule has 1 unspecified atom stereocenters. The fourth-order valence-corrected chi connectivity index (χ4v) is 2.27. The standard InChI is InChI=1S/C11H14ClNO/c12-10-5-1-2-6-11(10)13-7-3-4-9(13)8-14/h1-2,5-6,9,14H,3-4,7-8H2. The van der Waals surface area contributed by atoms with Gasteiger partial charge in [-0.1, -0.05) is 23.7 Å². The topological polar surface area (TPSA) is 23.5 Å². The first-order valence-electron chi connectivity index (χ1n) is 4.95. The van der Waals surface area contributed by atoms with Crippen LogP contribution in [0.1, 0.15) is 12.8 Å². The van der Waals surface area contributed by atoms with E-state index in [4.69, 9.17) is 11.6 Å². The van der Waals surface area contributed by atoms with Crippen molar-refractivity contribution in [1.29, 1.82) is 0 Å². The van der Waals surface area contributed by atoms with Gasteiger partial charge in [-0.3, -0.25) is 0 Å². The summed E-state index contributed by atoms with van der Waals surface area (Å²) >= 11 is 6.10. The molecule has 0 saturated carbocycles. The zero-order chi connectivity index (χ0) is 9.97. The predicted molar refractivity (Wildman–Crippen MR) is 58.9 cm³/mol. The van der Waals surface area contributed by atoms with E-state index in [-0.39, 0.29) is 12.6 Å². The van der Waals surface area contributed by atoms with Gasteiger partial charge < -0.3 is 10.0 Å². The Morgan fingerprint density at radius 2 is 2.21 bits per heavy atom. The Morgan fingerprint density at radius 1 is 1.43 bits per heavy atom. The third-order valence-electron chi connectivity index (χ3n) is 2.75. The maximum absolute atomic E-state index is 9.20. The van der Waals surface area contributed by atoms with Crippen LogP contribution in [0.2, 0.25) is 5.02 Å². The first-order chi connectivity index (χ1) is 6.83. The van der Waals surface area contributed by atoms with Crippen LogP contribution in [0.5, 0.6) is 0 Å². The van der Waals surface area contributed by atoms with Crippen LogP contribution >= 0.6 is 11.6 Å². The number of nitrogens with zero attached hydrogens (tertiary/aromatic N) is 1. The third-order valence-corrected chi connectivity index (χ3v) is 3.07. The minimum absolute atomic E-state index is 0.214. The molecule has 14 heavy (non-hydrogen) atoms. The molecule has 1 aromatic rings. The van der Waals surface area contributed by atoms with Crippen molar-refractivity contribution in [2.75, 3.05) is 18.1 Å². The zero-order valence-electron chi connectivity index (χ0n) is 7.99. The van der Waals surface area contributed by atoms with E-state index in [1.54, 1.807) is 0 Å². The number of aliphatic hydroxyl groups excluding tert-OH is 1. The molecule has 3 heteroatoms. The number of rotatable bonds is 2. The molecular formula is C11H14ClNO. The zero-order valence-corrected chi connectivity index (χ0v) is 8.74. The summed E-state index contributed by atoms with van der Waals surface area (Å²) in [6.45, 7) is 1.21. The van der Waals surface area contributed by atoms with Crippen molar-refractivity contribution in [2.24, 2.45) is 0 Å². The van der Waals surface area contributed by atoms with E-state index in [0.717, 1.165) is 30.1 Å². The Kier molecular flexibility index (Phi) is 2.94. The van der Waals surface area contributed by atoms with Gasteiger partial charge in [-0.05, 0) is 25.0 Å². The van der Waals surface area contributed by atoms with Crippen LogP contribution in [0, 0.1) is 0 Å². The minimum atomic E-state index is 0.214. The van der Waals surface area contributed by atoms with Crippen molar-refractivity contribution in [3.8, 4) is 0 Å². The molecule has 0 aromatic heterocycles. The first kappa shape index (κ1) is 9.81. The Bertz CT molecular complexity index is 316. The van der Waals surface area contributed by atoms with Crippen LogP contribution < -0.4 is 4.90 Å². The van der Waals surface area contributed by atoms with Crippen molar-refractivity contribution < 1.29 is 5.11 Å². The Morgan fingerprint density at radius 3 is 2.93 bits per heavy atom. The number of halogens is 1. The van der Waals surface area contributed by atoms with E-state index in [1.807, 2.05) is 24.3 Å². The molecule has 1 atom stereocenters. The van der Waals surface area contributed by atoms with Crippen LogP contribution in [0.15, 0.2) is 24.3 Å². The molecule has 1 aliphatic rings. The lowest BCUT2D eigenvalue weighted by Crippen LogP contribution is -2.32. The van der Waals surface area contributed by atoms with Gasteiger partial charge in [-0.2, -0.15) is 0 Å². The fourth-order valence-electron chi connectivity index (χ4n) is 2.03. The highest BCUT2D eigenvalue weighted by molar-refractivity contribution is 6.33. The summed E-state index contributed by atoms with van der Waals surface area (Å²) in [6.07, 6.45) is 2.19. The van der Waals surface area contributed by atoms with E-state index in [9.17, 15) is 5.11 Å². The van der Waals surface area contributed by atoms with E-state index in [1.165, 1.54) is 0 Å². The highest BCUT2D eigenvalue weighted by Gasteiger charge is 2.24. The largest absolute Gasteiger partial charge is 0.394 e. The molecule has 1 fully saturated rings. The SMILES string of the molecule is OCC1CCCN1c1ccccc1Cl. The number of para-hydroxylation sites is 1. The summed E-state index contributed by atoms with van der Waals surface area (Å²) < 4.78 is 0. The average Bonchev–Trinajstić information content (AvgIpc) is 2.66. The summed E-state index contributed by atoms with van der Waals surface area (Å²) in [7, 11) is 0. The van der Waals surface area contributed by atoms with Gasteiger partial charge >= 0.3 is 0 Å². The summed E-state index contributed by atoms with van der Waals surface area (Å²) in [5.41, 5.74) is 1.05. The molecule has 0 radical (unpaired) electrons. The Hall–Kier alpha value is -0.730. The summed E-state index contributed by atoms with van der Waals surface area (Å²) in [6, 6.07) is 8.05. The molecule has 0 bridgehead atoms. The van der Waals surface area contributed by atoms with Crippen LogP contribution in [-0.4, -0.2) is 24.3 Å². The maximum Gasteiger partial charge on any atom is 0.0639 e. The molecule has 1 heterocycles. The molecule has 1 N–H and O–H groups in total. The second kappa shape index (κ2) is 4.20. The van der Waals surface area contributed by atoms with Gasteiger partial charge in [0.15, 0.2) is 0 Å². The molecule has 76 valence electrons. The van der Waals surface area contributed by atoms with Crippen molar-refractivity contribution in [1.82, 2.24) is 0 Å². The highest BCUT2D eigenvalue weighted by atomic mass is 35.5. The smallest absolute Gasteiger partial charge is 0.0639 e. The summed E-state index contributed by atoms with van der Waals surface area (Å²) in [5, 5.41) is 9.98. The minimum Gasteiger partial charge on any atom is -0.394 e. The number of anilines is 1. The molecule has 2 rings (SSSR count). The number of aliphatic hydroxyl groups is 1. The van der Waals surface area contributed by atoms with Crippen LogP contribution in [0.3, 0.4) is 0 Å². The van der Waals surface area contributed by atoms with Crippen molar-refractivity contribution in [2.45, 2.75) is 18.9 Å². The van der Waals surface area contributed by atoms with Gasteiger partial charge in [0.1, 0.15) is 0 Å². The van der Waals surface area contributed by atoms with Gasteiger partial charge in [0, 0.05) is 6.54 Å². The van der Waals surface area contributed by atoms with E-state index < -0.39 is 0 Å². The van der Waals surface area contributed by atoms with E-state index in [2.05, 4.69) is 4.90 Å². The highest BCUT2D eigenvalue weighted by Crippen LogP contribution is 2.31. The van der Waals surface area contributed by atoms with Crippen molar-refractivity contribution in [3.05, 3.63) is 29.3 Å². The normalized spacial score (nSPS) is 21.6. The van der Waals surface area contributed by atoms with E-state index >= 15 is 0 Å². The lowest BCUT2D eigenvalue weighted by Gasteiger charge is -2.26. The Labute approximate surface area is 89.1 Å². The molecule has 1 saturated heterocycles. The lowest BCUT2D eigenvalue weighted by molar-refractivity contribution is 0.266. The predicted octanol–water partition coefficient (Wildman–Crippen LogP) is 2.30. The lowest BCUT2D eigenvalue weighted by atomic mass is 10.2. The second-order valence-electron chi connectivity index (χ2n) is 3.62. The average molecular weight is 212 g/mol. The fraction of sp³-hybridized carbons (Fsp3) is 0.455. The molecule has 1 aliphatic heterocycles. The quantitative estimate of drug-likeness (QED) is 0.812. The van der Waals surface area contributed by atoms with E-state index in [0.29, 0.717) is 0 Å². The van der Waals surface area contributed by atoms with Gasteiger partial charge in [-0.25, -0.2) is 0 Å². The van der Waals surface area contributed by atoms with Crippen LogP contribution in [0.25, 0.3) is 0 Å². The van der Waals surface area contributed by atoms with Crippen LogP contribution in [-0.2, 0) is 0 Å². The van der Waals surface area contributed by atoms with Gasteiger partial charge in [-0.15, -0.1) is 0 Å². The van der Waals surface area contributed by atoms with Gasteiger partial charge in [0.2, 0.25) is 0 Å². The molecular weight excluding hydrogens is 198 g/mol. The van der Waals surface area contributed by atoms with Gasteiger partial charge in [0.25, 0.3) is 0 Å². The number of hydrogen-bond acceptors (Lipinski definition) is 2. The summed E-state index contributed by atoms with van der Waals surface area (Å²) in [5.74, 6) is 0. The first-order valence-corrected chi connectivity index (χ1v) is 5.33. The Balaban J connectivity index is 2.26. The maximum atomic E-state index is 9.20. The van der Waals surface area contributed by atoms with Gasteiger partial charge in [0.05, 0.1) is 23.4 Å². The summed E-state index contributed by atoms with van der Waals surface area (Å²) in [4.78, 5) is 2.20. The third kappa shape index (κ3) is 1.72. The number of hydrogen-bond donors (Lipinski definition) is 1.